The predicted molar refractivity (Wildman–Crippen MR) is 84.5 cm³/mol. The molecule has 0 aromatic heterocycles. The molecule has 21 heavy (non-hydrogen) atoms. The van der Waals surface area contributed by atoms with Crippen LogP contribution in [0.25, 0.3) is 6.08 Å². The number of amides is 1. The first-order valence-electron chi connectivity index (χ1n) is 6.51. The van der Waals surface area contributed by atoms with E-state index in [1.54, 1.807) is 25.1 Å². The third kappa shape index (κ3) is 5.40. The average Bonchev–Trinajstić information content (AvgIpc) is 2.42. The van der Waals surface area contributed by atoms with Crippen LogP contribution in [-0.2, 0) is 9.59 Å². The Balaban J connectivity index is 2.76. The van der Waals surface area contributed by atoms with Gasteiger partial charge in [-0.1, -0.05) is 49.5 Å². The van der Waals surface area contributed by atoms with Crippen LogP contribution in [-0.4, -0.2) is 23.0 Å². The Hall–Kier alpha value is -1.52. The summed E-state index contributed by atoms with van der Waals surface area (Å²) in [5.41, 5.74) is 0.631. The molecule has 0 saturated heterocycles. The molecule has 114 valence electrons. The van der Waals surface area contributed by atoms with E-state index in [9.17, 15) is 9.59 Å². The summed E-state index contributed by atoms with van der Waals surface area (Å²) in [5, 5.41) is 12.5. The number of nitrogens with one attached hydrogen (secondary N) is 1. The fourth-order valence-electron chi connectivity index (χ4n) is 1.69. The third-order valence-electron chi connectivity index (χ3n) is 3.15. The average molecular weight is 330 g/mol. The molecular weight excluding hydrogens is 313 g/mol. The number of rotatable bonds is 6. The van der Waals surface area contributed by atoms with Gasteiger partial charge >= 0.3 is 5.97 Å². The Bertz CT molecular complexity index is 558. The summed E-state index contributed by atoms with van der Waals surface area (Å²) < 4.78 is 0. The Morgan fingerprint density at radius 3 is 2.57 bits per heavy atom. The van der Waals surface area contributed by atoms with Crippen LogP contribution in [0.4, 0.5) is 0 Å². The number of hydrogen-bond acceptors (Lipinski definition) is 2. The highest BCUT2D eigenvalue weighted by Crippen LogP contribution is 2.21. The molecule has 0 saturated carbocycles. The van der Waals surface area contributed by atoms with E-state index >= 15 is 0 Å². The van der Waals surface area contributed by atoms with Crippen LogP contribution in [0.3, 0.4) is 0 Å². The number of aliphatic carboxylic acids is 1. The number of carboxylic acid groups (broad SMARTS) is 1. The van der Waals surface area contributed by atoms with Crippen LogP contribution in [0.15, 0.2) is 24.3 Å². The van der Waals surface area contributed by atoms with Gasteiger partial charge < -0.3 is 10.4 Å². The van der Waals surface area contributed by atoms with Crippen molar-refractivity contribution in [1.82, 2.24) is 5.32 Å². The Morgan fingerprint density at radius 2 is 2.05 bits per heavy atom. The number of carbonyl (C=O) groups is 2. The summed E-state index contributed by atoms with van der Waals surface area (Å²) in [6.07, 6.45) is 3.43. The normalized spacial score (nSPS) is 13.9. The van der Waals surface area contributed by atoms with Gasteiger partial charge in [-0.05, 0) is 29.7 Å². The van der Waals surface area contributed by atoms with Gasteiger partial charge in [-0.15, -0.1) is 0 Å². The molecule has 0 radical (unpaired) electrons. The summed E-state index contributed by atoms with van der Waals surface area (Å²) in [5.74, 6) is -1.68. The van der Waals surface area contributed by atoms with Crippen LogP contribution in [0, 0.1) is 5.92 Å². The fraction of sp³-hybridized carbons (Fsp3) is 0.333. The molecule has 1 aromatic rings. The molecule has 4 nitrogen and oxygen atoms in total. The van der Waals surface area contributed by atoms with Crippen molar-refractivity contribution >= 4 is 41.2 Å². The van der Waals surface area contributed by atoms with E-state index in [0.717, 1.165) is 0 Å². The first-order valence-corrected chi connectivity index (χ1v) is 7.27. The van der Waals surface area contributed by atoms with Crippen molar-refractivity contribution in [3.63, 3.8) is 0 Å². The Morgan fingerprint density at radius 1 is 1.38 bits per heavy atom. The summed E-state index contributed by atoms with van der Waals surface area (Å²) >= 11 is 11.8. The monoisotopic (exact) mass is 329 g/mol. The molecular formula is C15H17Cl2NO3. The number of halogens is 2. The highest BCUT2D eigenvalue weighted by Gasteiger charge is 2.24. The second-order valence-electron chi connectivity index (χ2n) is 4.71. The van der Waals surface area contributed by atoms with Crippen molar-refractivity contribution in [2.24, 2.45) is 5.92 Å². The highest BCUT2D eigenvalue weighted by atomic mass is 35.5. The van der Waals surface area contributed by atoms with Gasteiger partial charge in [0.2, 0.25) is 5.91 Å². The van der Waals surface area contributed by atoms with Gasteiger partial charge in [-0.2, -0.15) is 0 Å². The van der Waals surface area contributed by atoms with Gasteiger partial charge in [0, 0.05) is 16.1 Å². The van der Waals surface area contributed by atoms with Crippen molar-refractivity contribution in [3.05, 3.63) is 39.9 Å². The van der Waals surface area contributed by atoms with Crippen LogP contribution >= 0.6 is 23.2 Å². The summed E-state index contributed by atoms with van der Waals surface area (Å²) in [4.78, 5) is 22.9. The molecule has 1 rings (SSSR count). The first kappa shape index (κ1) is 17.5. The number of carbonyl (C=O) groups excluding carboxylic acids is 1. The molecule has 0 bridgehead atoms. The van der Waals surface area contributed by atoms with Crippen LogP contribution in [0.1, 0.15) is 25.8 Å². The summed E-state index contributed by atoms with van der Waals surface area (Å²) in [7, 11) is 0. The number of carboxylic acids is 1. The summed E-state index contributed by atoms with van der Waals surface area (Å²) in [6, 6.07) is 4.00. The zero-order valence-electron chi connectivity index (χ0n) is 11.8. The quantitative estimate of drug-likeness (QED) is 0.783. The van der Waals surface area contributed by atoms with E-state index in [2.05, 4.69) is 5.32 Å². The van der Waals surface area contributed by atoms with Gasteiger partial charge in [0.1, 0.15) is 6.04 Å². The van der Waals surface area contributed by atoms with E-state index < -0.39 is 17.9 Å². The molecule has 2 atom stereocenters. The van der Waals surface area contributed by atoms with Gasteiger partial charge in [0.05, 0.1) is 0 Å². The van der Waals surface area contributed by atoms with Crippen LogP contribution in [0.2, 0.25) is 10.0 Å². The van der Waals surface area contributed by atoms with Gasteiger partial charge in [-0.25, -0.2) is 4.79 Å². The smallest absolute Gasteiger partial charge is 0.326 e. The van der Waals surface area contributed by atoms with E-state index in [4.69, 9.17) is 28.3 Å². The topological polar surface area (TPSA) is 66.4 Å². The van der Waals surface area contributed by atoms with Gasteiger partial charge in [0.25, 0.3) is 0 Å². The lowest BCUT2D eigenvalue weighted by atomic mass is 9.99. The fourth-order valence-corrected chi connectivity index (χ4v) is 2.16. The third-order valence-corrected chi connectivity index (χ3v) is 3.72. The van der Waals surface area contributed by atoms with Gasteiger partial charge in [-0.3, -0.25) is 4.79 Å². The lowest BCUT2D eigenvalue weighted by Gasteiger charge is -2.19. The largest absolute Gasteiger partial charge is 0.480 e. The maximum Gasteiger partial charge on any atom is 0.326 e. The lowest BCUT2D eigenvalue weighted by molar-refractivity contribution is -0.142. The van der Waals surface area contributed by atoms with E-state index in [1.165, 1.54) is 12.2 Å². The Labute approximate surface area is 133 Å². The lowest BCUT2D eigenvalue weighted by Crippen LogP contribution is -2.44. The molecule has 2 N–H and O–H groups in total. The summed E-state index contributed by atoms with van der Waals surface area (Å²) in [6.45, 7) is 3.65. The molecule has 1 aromatic carbocycles. The minimum Gasteiger partial charge on any atom is -0.480 e. The maximum absolute atomic E-state index is 11.8. The molecule has 1 amide bonds. The molecule has 2 unspecified atom stereocenters. The van der Waals surface area contributed by atoms with Crippen molar-refractivity contribution < 1.29 is 14.7 Å². The molecule has 0 spiro atoms. The zero-order valence-corrected chi connectivity index (χ0v) is 13.3. The minimum atomic E-state index is -1.05. The minimum absolute atomic E-state index is 0.154. The van der Waals surface area contributed by atoms with E-state index in [0.29, 0.717) is 22.0 Å². The first-order chi connectivity index (χ1) is 9.85. The second-order valence-corrected chi connectivity index (χ2v) is 5.55. The van der Waals surface area contributed by atoms with E-state index in [1.807, 2.05) is 6.92 Å². The molecule has 0 aliphatic rings. The molecule has 0 fully saturated rings. The van der Waals surface area contributed by atoms with Crippen molar-refractivity contribution in [2.45, 2.75) is 26.3 Å². The maximum atomic E-state index is 11.8. The molecule has 0 heterocycles. The standard InChI is InChI=1S/C15H17Cl2NO3/c1-3-9(2)14(15(20)21)18-13(19)7-5-10-4-6-11(16)8-12(10)17/h4-9,14H,3H2,1-2H3,(H,18,19)(H,20,21)/b7-5+. The van der Waals surface area contributed by atoms with E-state index in [-0.39, 0.29) is 5.92 Å². The van der Waals surface area contributed by atoms with Crippen molar-refractivity contribution in [1.29, 1.82) is 0 Å². The van der Waals surface area contributed by atoms with Crippen LogP contribution in [0.5, 0.6) is 0 Å². The Kier molecular flexibility index (Phi) is 6.72. The number of hydrogen-bond donors (Lipinski definition) is 2. The highest BCUT2D eigenvalue weighted by molar-refractivity contribution is 6.35. The second kappa shape index (κ2) is 8.05. The predicted octanol–water partition coefficient (Wildman–Crippen LogP) is 3.62. The zero-order chi connectivity index (χ0) is 16.0. The molecule has 6 heteroatoms. The molecule has 0 aliphatic carbocycles. The van der Waals surface area contributed by atoms with Gasteiger partial charge in [0.15, 0.2) is 0 Å². The van der Waals surface area contributed by atoms with Crippen LogP contribution < -0.4 is 5.32 Å². The molecule has 0 aliphatic heterocycles. The van der Waals surface area contributed by atoms with Crippen molar-refractivity contribution in [2.75, 3.05) is 0 Å². The SMILES string of the molecule is CCC(C)C(NC(=O)/C=C/c1ccc(Cl)cc1Cl)C(=O)O. The van der Waals surface area contributed by atoms with Crippen molar-refractivity contribution in [3.8, 4) is 0 Å². The number of benzene rings is 1.